The van der Waals surface area contributed by atoms with Gasteiger partial charge in [0.15, 0.2) is 11.6 Å². The zero-order valence-electron chi connectivity index (χ0n) is 40.8. The molecule has 16 nitrogen and oxygen atoms in total. The molecule has 2 aliphatic heterocycles. The second-order valence-electron chi connectivity index (χ2n) is 20.8. The van der Waals surface area contributed by atoms with E-state index in [4.69, 9.17) is 47.4 Å². The first-order valence-electron chi connectivity index (χ1n) is 25.6. The van der Waals surface area contributed by atoms with Crippen LogP contribution in [0.25, 0.3) is 0 Å². The van der Waals surface area contributed by atoms with Gasteiger partial charge in [-0.2, -0.15) is 0 Å². The lowest BCUT2D eigenvalue weighted by atomic mass is 9.41. The molecule has 2 saturated heterocycles. The fraction of sp³-hybridized carbons (Fsp3) is 0.704. The molecule has 384 valence electrons. The number of rotatable bonds is 22. The number of benzene rings is 2. The molecule has 8 bridgehead atoms. The third-order valence-corrected chi connectivity index (χ3v) is 17.9. The Kier molecular flexibility index (Phi) is 15.7. The van der Waals surface area contributed by atoms with E-state index in [1.54, 1.807) is 38.5 Å². The van der Waals surface area contributed by atoms with Gasteiger partial charge >= 0.3 is 11.9 Å². The second-order valence-corrected chi connectivity index (χ2v) is 20.8. The van der Waals surface area contributed by atoms with Gasteiger partial charge < -0.3 is 57.6 Å². The van der Waals surface area contributed by atoms with Crippen LogP contribution in [0.15, 0.2) is 60.7 Å². The highest BCUT2D eigenvalue weighted by molar-refractivity contribution is 5.92. The highest BCUT2D eigenvalue weighted by atomic mass is 16.7. The Hall–Kier alpha value is -3.68. The summed E-state index contributed by atoms with van der Waals surface area (Å²) in [7, 11) is 3.11. The average Bonchev–Trinajstić information content (AvgIpc) is 4.11. The van der Waals surface area contributed by atoms with Crippen LogP contribution in [0.5, 0.6) is 0 Å². The summed E-state index contributed by atoms with van der Waals surface area (Å²) in [6.45, 7) is 2.41. The molecule has 10 fully saturated rings. The molecule has 2 heterocycles. The maximum Gasteiger partial charge on any atom is 0.338 e. The molecule has 2 N–H and O–H groups in total. The molecule has 12 rings (SSSR count). The van der Waals surface area contributed by atoms with Gasteiger partial charge in [0.05, 0.1) is 73.8 Å². The van der Waals surface area contributed by atoms with Gasteiger partial charge in [0.1, 0.15) is 25.2 Å². The van der Waals surface area contributed by atoms with Crippen LogP contribution in [0.3, 0.4) is 0 Å². The number of carbonyl (C=O) groups excluding carboxylic acids is 4. The van der Waals surface area contributed by atoms with Crippen molar-refractivity contribution in [3.05, 3.63) is 71.8 Å². The molecule has 8 saturated carbocycles. The van der Waals surface area contributed by atoms with Crippen molar-refractivity contribution in [2.45, 2.75) is 114 Å². The first-order valence-corrected chi connectivity index (χ1v) is 25.6. The molecule has 0 unspecified atom stereocenters. The van der Waals surface area contributed by atoms with Crippen LogP contribution in [0, 0.1) is 45.3 Å². The molecule has 2 aromatic rings. The molecular weight excluding hydrogens is 905 g/mol. The van der Waals surface area contributed by atoms with E-state index in [0.717, 1.165) is 25.7 Å². The predicted molar refractivity (Wildman–Crippen MR) is 249 cm³/mol. The van der Waals surface area contributed by atoms with Crippen molar-refractivity contribution in [3.63, 3.8) is 0 Å². The van der Waals surface area contributed by atoms with Crippen LogP contribution in [-0.4, -0.2) is 138 Å². The number of ether oxygens (including phenoxy) is 10. The Balaban J connectivity index is 0.000000174. The van der Waals surface area contributed by atoms with Crippen molar-refractivity contribution in [1.29, 1.82) is 0 Å². The fourth-order valence-corrected chi connectivity index (χ4v) is 16.1. The summed E-state index contributed by atoms with van der Waals surface area (Å²) in [4.78, 5) is 52.8. The lowest BCUT2D eigenvalue weighted by Gasteiger charge is -2.66. The highest BCUT2D eigenvalue weighted by Gasteiger charge is 2.83. The molecule has 0 aromatic heterocycles. The minimum atomic E-state index is -0.849. The summed E-state index contributed by atoms with van der Waals surface area (Å²) in [6.07, 6.45) is 7.88. The van der Waals surface area contributed by atoms with Gasteiger partial charge in [-0.15, -0.1) is 0 Å². The maximum absolute atomic E-state index is 13.9. The Morgan fingerprint density at radius 3 is 1.34 bits per heavy atom. The van der Waals surface area contributed by atoms with Gasteiger partial charge in [0.25, 0.3) is 0 Å². The number of hydrogen-bond acceptors (Lipinski definition) is 16. The van der Waals surface area contributed by atoms with E-state index in [1.807, 2.05) is 36.4 Å². The smallest absolute Gasteiger partial charge is 0.338 e. The quantitative estimate of drug-likeness (QED) is 0.0764. The highest BCUT2D eigenvalue weighted by Crippen LogP contribution is 2.78. The van der Waals surface area contributed by atoms with Crippen LogP contribution in [0.2, 0.25) is 0 Å². The maximum atomic E-state index is 13.9. The van der Waals surface area contributed by atoms with Crippen LogP contribution >= 0.6 is 0 Å². The average molecular weight is 977 g/mol. The zero-order valence-corrected chi connectivity index (χ0v) is 40.8. The Bertz CT molecular complexity index is 1980. The van der Waals surface area contributed by atoms with E-state index < -0.39 is 45.4 Å². The van der Waals surface area contributed by atoms with E-state index >= 15 is 0 Å². The standard InChI is InChI=1S/2C27H36O8/c2*1-31-18-33-23(8-10-28)25-16-19-14-21(15-22(25)29)26(25,27(17-19)34-12-13-35-27)9-5-11-32-24(30)20-6-3-2-4-7-20/h2*2-4,6-7,19,21,23,28H,5,8-18H2,1H3/t2*19-,21+,23+,25-,26+/m00/s1. The van der Waals surface area contributed by atoms with Gasteiger partial charge in [-0.05, 0) is 112 Å². The Morgan fingerprint density at radius 1 is 0.600 bits per heavy atom. The number of hydrogen-bond donors (Lipinski definition) is 2. The molecule has 10 atom stereocenters. The van der Waals surface area contributed by atoms with Gasteiger partial charge in [0.2, 0.25) is 0 Å². The molecule has 2 spiro atoms. The van der Waals surface area contributed by atoms with Crippen molar-refractivity contribution in [2.24, 2.45) is 45.3 Å². The van der Waals surface area contributed by atoms with Crippen LogP contribution in [-0.2, 0) is 57.0 Å². The molecule has 0 amide bonds. The molecule has 2 aromatic carbocycles. The summed E-state index contributed by atoms with van der Waals surface area (Å²) in [5.74, 6) is -1.22. The van der Waals surface area contributed by atoms with Crippen LogP contribution < -0.4 is 0 Å². The number of aliphatic hydroxyl groups is 2. The van der Waals surface area contributed by atoms with Crippen LogP contribution in [0.4, 0.5) is 0 Å². The number of carbonyl (C=O) groups is 4. The number of aliphatic hydroxyl groups excluding tert-OH is 2. The summed E-state index contributed by atoms with van der Waals surface area (Å²) in [5, 5.41) is 19.8. The zero-order chi connectivity index (χ0) is 49.0. The number of Topliss-reactive ketones (excluding diaryl/α,β-unsaturated/α-hetero) is 2. The van der Waals surface area contributed by atoms with Crippen molar-refractivity contribution in [3.8, 4) is 0 Å². The van der Waals surface area contributed by atoms with E-state index in [9.17, 15) is 29.4 Å². The van der Waals surface area contributed by atoms with Gasteiger partial charge in [-0.3, -0.25) is 9.59 Å². The van der Waals surface area contributed by atoms with Crippen molar-refractivity contribution >= 4 is 23.5 Å². The predicted octanol–water partition coefficient (Wildman–Crippen LogP) is 6.23. The SMILES string of the molecule is COCO[C@H](CCO)[C@]12C[C@@H]3C[C@H](CC1=O)[C@@]2(CCCOC(=O)c1ccccc1)C1(C3)OCCO1.COCO[C@H](CCO)[C@]12C[C@@H]3C[C@H](CC1=O)[C@@]2(CCCOC(=O)c1ccccc1)C1(C3)OCCO1. The van der Waals surface area contributed by atoms with Crippen LogP contribution in [0.1, 0.15) is 111 Å². The number of ketones is 2. The van der Waals surface area contributed by atoms with Crippen molar-refractivity contribution < 1.29 is 76.8 Å². The summed E-state index contributed by atoms with van der Waals surface area (Å²) in [5.41, 5.74) is -1.82. The molecule has 70 heavy (non-hydrogen) atoms. The van der Waals surface area contributed by atoms with E-state index in [1.165, 1.54) is 0 Å². The largest absolute Gasteiger partial charge is 0.462 e. The topological polar surface area (TPSA) is 201 Å². The minimum absolute atomic E-state index is 0.0501. The fourth-order valence-electron chi connectivity index (χ4n) is 16.1. The van der Waals surface area contributed by atoms with Crippen molar-refractivity contribution in [2.75, 3.05) is 80.7 Å². The number of esters is 2. The molecule has 0 radical (unpaired) electrons. The summed E-state index contributed by atoms with van der Waals surface area (Å²) >= 11 is 0. The second kappa shape index (κ2) is 21.4. The normalized spacial score (nSPS) is 33.4. The first-order chi connectivity index (χ1) is 34.1. The molecule has 10 aliphatic rings. The van der Waals surface area contributed by atoms with Gasteiger partial charge in [0, 0.05) is 63.9 Å². The Labute approximate surface area is 410 Å². The van der Waals surface area contributed by atoms with E-state index in [-0.39, 0.29) is 75.4 Å². The summed E-state index contributed by atoms with van der Waals surface area (Å²) in [6, 6.07) is 17.9. The summed E-state index contributed by atoms with van der Waals surface area (Å²) < 4.78 is 59.6. The molecular formula is C54H72O16. The third kappa shape index (κ3) is 8.30. The van der Waals surface area contributed by atoms with Gasteiger partial charge in [-0.25, -0.2) is 9.59 Å². The first kappa shape index (κ1) is 51.2. The Morgan fingerprint density at radius 2 is 0.986 bits per heavy atom. The minimum Gasteiger partial charge on any atom is -0.462 e. The number of methoxy groups -OCH3 is 2. The third-order valence-electron chi connectivity index (χ3n) is 17.9. The lowest BCUT2D eigenvalue weighted by molar-refractivity contribution is -0.348. The van der Waals surface area contributed by atoms with E-state index in [2.05, 4.69) is 0 Å². The van der Waals surface area contributed by atoms with E-state index in [0.29, 0.717) is 114 Å². The van der Waals surface area contributed by atoms with Gasteiger partial charge in [-0.1, -0.05) is 36.4 Å². The lowest BCUT2D eigenvalue weighted by Crippen LogP contribution is -2.71. The monoisotopic (exact) mass is 976 g/mol. The molecule has 16 heteroatoms. The van der Waals surface area contributed by atoms with Crippen molar-refractivity contribution in [1.82, 2.24) is 0 Å². The molecule has 8 aliphatic carbocycles.